The Morgan fingerprint density at radius 3 is 2.67 bits per heavy atom. The smallest absolute Gasteiger partial charge is 0.327 e. The molecule has 0 bridgehead atoms. The van der Waals surface area contributed by atoms with Gasteiger partial charge >= 0.3 is 7.60 Å². The van der Waals surface area contributed by atoms with Crippen LogP contribution in [-0.2, 0) is 9.09 Å². The standard InChI is InChI=1S/C4H12NO3P/c1-2-9(6,7)8-4-3-5/h2-5H2,1H3,(H,6,7). The Kier molecular flexibility index (Phi) is 4.06. The van der Waals surface area contributed by atoms with E-state index in [2.05, 4.69) is 4.52 Å². The van der Waals surface area contributed by atoms with Crippen LogP contribution in [0.2, 0.25) is 0 Å². The summed E-state index contributed by atoms with van der Waals surface area (Å²) in [5.41, 5.74) is 5.03. The van der Waals surface area contributed by atoms with Crippen molar-refractivity contribution in [2.75, 3.05) is 19.3 Å². The van der Waals surface area contributed by atoms with E-state index in [-0.39, 0.29) is 19.3 Å². The molecule has 3 N–H and O–H groups in total. The van der Waals surface area contributed by atoms with Gasteiger partial charge in [-0.2, -0.15) is 0 Å². The van der Waals surface area contributed by atoms with E-state index >= 15 is 0 Å². The molecule has 0 aliphatic carbocycles. The minimum Gasteiger partial charge on any atom is -0.328 e. The molecule has 0 saturated carbocycles. The third-order valence-corrected chi connectivity index (χ3v) is 2.20. The molecule has 5 heteroatoms. The lowest BCUT2D eigenvalue weighted by Crippen LogP contribution is -2.07. The maximum atomic E-state index is 10.6. The third kappa shape index (κ3) is 4.60. The molecule has 56 valence electrons. The van der Waals surface area contributed by atoms with Crippen LogP contribution >= 0.6 is 7.60 Å². The van der Waals surface area contributed by atoms with Crippen molar-refractivity contribution < 1.29 is 14.0 Å². The number of hydrogen-bond donors (Lipinski definition) is 2. The van der Waals surface area contributed by atoms with E-state index in [4.69, 9.17) is 10.6 Å². The quantitative estimate of drug-likeness (QED) is 0.564. The molecule has 1 unspecified atom stereocenters. The van der Waals surface area contributed by atoms with Crippen molar-refractivity contribution in [1.82, 2.24) is 0 Å². The van der Waals surface area contributed by atoms with E-state index in [0.717, 1.165) is 0 Å². The number of rotatable bonds is 4. The molecule has 0 amide bonds. The largest absolute Gasteiger partial charge is 0.328 e. The summed E-state index contributed by atoms with van der Waals surface area (Å²) in [6.45, 7) is 2.03. The average molecular weight is 153 g/mol. The lowest BCUT2D eigenvalue weighted by molar-refractivity contribution is 0.268. The Morgan fingerprint density at radius 2 is 2.33 bits per heavy atom. The van der Waals surface area contributed by atoms with Gasteiger partial charge in [0.1, 0.15) is 0 Å². The van der Waals surface area contributed by atoms with Crippen LogP contribution in [0.4, 0.5) is 0 Å². The molecule has 0 saturated heterocycles. The summed E-state index contributed by atoms with van der Waals surface area (Å²) in [7, 11) is -3.27. The van der Waals surface area contributed by atoms with Crippen LogP contribution in [0.25, 0.3) is 0 Å². The zero-order valence-electron chi connectivity index (χ0n) is 5.41. The molecule has 0 aliphatic heterocycles. The number of nitrogens with two attached hydrogens (primary N) is 1. The molecule has 0 aromatic rings. The average Bonchev–Trinajstić information content (AvgIpc) is 1.84. The molecule has 0 aromatic heterocycles. The van der Waals surface area contributed by atoms with E-state index in [0.29, 0.717) is 0 Å². The van der Waals surface area contributed by atoms with Crippen LogP contribution in [0.1, 0.15) is 6.92 Å². The van der Waals surface area contributed by atoms with Gasteiger partial charge in [-0.1, -0.05) is 6.92 Å². The first kappa shape index (κ1) is 9.11. The lowest BCUT2D eigenvalue weighted by atomic mass is 10.8. The fourth-order valence-corrected chi connectivity index (χ4v) is 0.860. The molecule has 0 aromatic carbocycles. The van der Waals surface area contributed by atoms with Crippen LogP contribution in [0, 0.1) is 0 Å². The molecule has 0 rings (SSSR count). The Hall–Kier alpha value is 0.110. The van der Waals surface area contributed by atoms with Gasteiger partial charge in [0.05, 0.1) is 6.61 Å². The maximum absolute atomic E-state index is 10.6. The van der Waals surface area contributed by atoms with Crippen molar-refractivity contribution in [3.63, 3.8) is 0 Å². The zero-order valence-corrected chi connectivity index (χ0v) is 6.30. The van der Waals surface area contributed by atoms with Crippen molar-refractivity contribution in [1.29, 1.82) is 0 Å². The van der Waals surface area contributed by atoms with Gasteiger partial charge < -0.3 is 15.2 Å². The highest BCUT2D eigenvalue weighted by atomic mass is 31.2. The highest BCUT2D eigenvalue weighted by Crippen LogP contribution is 2.40. The van der Waals surface area contributed by atoms with Gasteiger partial charge in [-0.25, -0.2) is 0 Å². The van der Waals surface area contributed by atoms with Gasteiger partial charge in [-0.15, -0.1) is 0 Å². The molecular weight excluding hydrogens is 141 g/mol. The highest BCUT2D eigenvalue weighted by molar-refractivity contribution is 7.52. The van der Waals surface area contributed by atoms with Gasteiger partial charge in [0.15, 0.2) is 0 Å². The molecule has 4 nitrogen and oxygen atoms in total. The first-order valence-electron chi connectivity index (χ1n) is 2.79. The maximum Gasteiger partial charge on any atom is 0.327 e. The molecular formula is C4H12NO3P. The lowest BCUT2D eigenvalue weighted by Gasteiger charge is -2.07. The van der Waals surface area contributed by atoms with Crippen molar-refractivity contribution in [3.8, 4) is 0 Å². The molecule has 0 radical (unpaired) electrons. The highest BCUT2D eigenvalue weighted by Gasteiger charge is 2.13. The van der Waals surface area contributed by atoms with Crippen LogP contribution < -0.4 is 5.73 Å². The monoisotopic (exact) mass is 153 g/mol. The Bertz CT molecular complexity index is 116. The molecule has 9 heavy (non-hydrogen) atoms. The van der Waals surface area contributed by atoms with Gasteiger partial charge in [-0.05, 0) is 0 Å². The normalized spacial score (nSPS) is 17.2. The molecule has 0 spiro atoms. The fourth-order valence-electron chi connectivity index (χ4n) is 0.287. The predicted molar refractivity (Wildman–Crippen MR) is 35.4 cm³/mol. The van der Waals surface area contributed by atoms with E-state index in [1.807, 2.05) is 0 Å². The Balaban J connectivity index is 3.46. The molecule has 0 heterocycles. The third-order valence-electron chi connectivity index (χ3n) is 0.810. The summed E-state index contributed by atoms with van der Waals surface area (Å²) < 4.78 is 15.1. The summed E-state index contributed by atoms with van der Waals surface area (Å²) in [5.74, 6) is 0. The van der Waals surface area contributed by atoms with Crippen molar-refractivity contribution in [2.45, 2.75) is 6.92 Å². The van der Waals surface area contributed by atoms with Gasteiger partial charge in [-0.3, -0.25) is 4.57 Å². The second-order valence-corrected chi connectivity index (χ2v) is 3.74. The molecule has 0 fully saturated rings. The van der Waals surface area contributed by atoms with E-state index in [1.165, 1.54) is 0 Å². The zero-order chi connectivity index (χ0) is 7.33. The van der Waals surface area contributed by atoms with Crippen LogP contribution in [0.5, 0.6) is 0 Å². The van der Waals surface area contributed by atoms with Crippen LogP contribution in [0.3, 0.4) is 0 Å². The summed E-state index contributed by atoms with van der Waals surface area (Å²) >= 11 is 0. The summed E-state index contributed by atoms with van der Waals surface area (Å²) in [4.78, 5) is 8.73. The van der Waals surface area contributed by atoms with E-state index in [1.54, 1.807) is 6.92 Å². The van der Waals surface area contributed by atoms with Crippen molar-refractivity contribution in [2.24, 2.45) is 5.73 Å². The first-order valence-corrected chi connectivity index (χ1v) is 4.55. The predicted octanol–water partition coefficient (Wildman–Crippen LogP) is 0.167. The van der Waals surface area contributed by atoms with Crippen molar-refractivity contribution >= 4 is 7.60 Å². The Morgan fingerprint density at radius 1 is 1.78 bits per heavy atom. The van der Waals surface area contributed by atoms with Crippen LogP contribution in [-0.4, -0.2) is 24.2 Å². The second kappa shape index (κ2) is 4.01. The summed E-state index contributed by atoms with van der Waals surface area (Å²) in [6.07, 6.45) is 0.146. The first-order chi connectivity index (χ1) is 4.12. The van der Waals surface area contributed by atoms with Crippen LogP contribution in [0.15, 0.2) is 0 Å². The van der Waals surface area contributed by atoms with Gasteiger partial charge in [0.25, 0.3) is 0 Å². The number of hydrogen-bond acceptors (Lipinski definition) is 3. The second-order valence-electron chi connectivity index (χ2n) is 1.58. The minimum absolute atomic E-state index is 0.146. The van der Waals surface area contributed by atoms with E-state index in [9.17, 15) is 4.57 Å². The SMILES string of the molecule is CCP(=O)(O)OCCN. The molecule has 0 aliphatic rings. The van der Waals surface area contributed by atoms with E-state index < -0.39 is 7.60 Å². The van der Waals surface area contributed by atoms with Crippen molar-refractivity contribution in [3.05, 3.63) is 0 Å². The Labute approximate surface area is 54.5 Å². The molecule has 1 atom stereocenters. The summed E-state index contributed by atoms with van der Waals surface area (Å²) in [5, 5.41) is 0. The topological polar surface area (TPSA) is 72.5 Å². The fraction of sp³-hybridized carbons (Fsp3) is 1.00. The minimum atomic E-state index is -3.27. The van der Waals surface area contributed by atoms with Gasteiger partial charge in [0.2, 0.25) is 0 Å². The van der Waals surface area contributed by atoms with Gasteiger partial charge in [0, 0.05) is 12.7 Å². The summed E-state index contributed by atoms with van der Waals surface area (Å²) in [6, 6.07) is 0.